The van der Waals surface area contributed by atoms with Crippen LogP contribution in [-0.4, -0.2) is 31.7 Å². The van der Waals surface area contributed by atoms with Crippen molar-refractivity contribution in [2.24, 2.45) is 0 Å². The van der Waals surface area contributed by atoms with E-state index in [0.717, 1.165) is 37.1 Å². The number of rotatable bonds is 4. The summed E-state index contributed by atoms with van der Waals surface area (Å²) in [5.74, 6) is -0.0245. The van der Waals surface area contributed by atoms with Crippen LogP contribution in [0.2, 0.25) is 0 Å². The average molecular weight is 364 g/mol. The van der Waals surface area contributed by atoms with Gasteiger partial charge in [-0.1, -0.05) is 42.5 Å². The van der Waals surface area contributed by atoms with Gasteiger partial charge < -0.3 is 15.4 Å². The number of carbonyl (C=O) groups is 1. The van der Waals surface area contributed by atoms with Crippen LogP contribution in [0.3, 0.4) is 0 Å². The van der Waals surface area contributed by atoms with Gasteiger partial charge in [0.1, 0.15) is 0 Å². The number of carbonyl (C=O) groups excluding carboxylic acids is 1. The van der Waals surface area contributed by atoms with Crippen LogP contribution in [-0.2, 0) is 10.2 Å². The standard InChI is InChI=1S/C23H28N2O2/c1-3-27-21-20(25-22(26)17-9-5-4-8-16(17)2)18-10-6-7-11-19(18)23(21)12-14-24-15-13-23/h4-11,20-21,24H,3,12-15H2,1-2H3,(H,25,26)/t20-,21+/m1/s1. The third-order valence-electron chi connectivity index (χ3n) is 6.20. The number of hydrogen-bond donors (Lipinski definition) is 2. The van der Waals surface area contributed by atoms with Gasteiger partial charge in [0.05, 0.1) is 12.1 Å². The first-order valence-corrected chi connectivity index (χ1v) is 9.95. The molecule has 27 heavy (non-hydrogen) atoms. The number of benzene rings is 2. The fourth-order valence-corrected chi connectivity index (χ4v) is 4.92. The Kier molecular flexibility index (Phi) is 5.02. The van der Waals surface area contributed by atoms with E-state index in [2.05, 4.69) is 34.9 Å². The van der Waals surface area contributed by atoms with Gasteiger partial charge in [-0.25, -0.2) is 0 Å². The van der Waals surface area contributed by atoms with Crippen molar-refractivity contribution in [3.05, 3.63) is 70.8 Å². The minimum atomic E-state index is -0.119. The van der Waals surface area contributed by atoms with Gasteiger partial charge in [-0.05, 0) is 62.5 Å². The van der Waals surface area contributed by atoms with E-state index in [9.17, 15) is 4.79 Å². The molecule has 0 aromatic heterocycles. The Morgan fingerprint density at radius 2 is 1.85 bits per heavy atom. The van der Waals surface area contributed by atoms with Crippen molar-refractivity contribution in [2.45, 2.75) is 44.2 Å². The zero-order valence-electron chi connectivity index (χ0n) is 16.1. The average Bonchev–Trinajstić information content (AvgIpc) is 2.93. The highest BCUT2D eigenvalue weighted by molar-refractivity contribution is 5.96. The normalized spacial score (nSPS) is 23.2. The summed E-state index contributed by atoms with van der Waals surface area (Å²) in [6, 6.07) is 16.2. The van der Waals surface area contributed by atoms with Crippen LogP contribution < -0.4 is 10.6 Å². The highest BCUT2D eigenvalue weighted by Gasteiger charge is 2.53. The Labute approximate surface area is 161 Å². The first-order chi connectivity index (χ1) is 13.2. The predicted octanol–water partition coefficient (Wildman–Crippen LogP) is 3.51. The molecule has 2 N–H and O–H groups in total. The second-order valence-electron chi connectivity index (χ2n) is 7.64. The van der Waals surface area contributed by atoms with Gasteiger partial charge in [0, 0.05) is 17.6 Å². The van der Waals surface area contributed by atoms with Crippen molar-refractivity contribution in [3.8, 4) is 0 Å². The third-order valence-corrected chi connectivity index (χ3v) is 6.20. The fraction of sp³-hybridized carbons (Fsp3) is 0.435. The van der Waals surface area contributed by atoms with E-state index in [-0.39, 0.29) is 23.5 Å². The zero-order chi connectivity index (χ0) is 18.9. The lowest BCUT2D eigenvalue weighted by Crippen LogP contribution is -2.49. The molecule has 142 valence electrons. The van der Waals surface area contributed by atoms with Crippen LogP contribution in [0.25, 0.3) is 0 Å². The van der Waals surface area contributed by atoms with Gasteiger partial charge >= 0.3 is 0 Å². The Balaban J connectivity index is 1.72. The summed E-state index contributed by atoms with van der Waals surface area (Å²) in [4.78, 5) is 13.1. The van der Waals surface area contributed by atoms with Gasteiger partial charge in [-0.15, -0.1) is 0 Å². The first kappa shape index (κ1) is 18.2. The summed E-state index contributed by atoms with van der Waals surface area (Å²) >= 11 is 0. The van der Waals surface area contributed by atoms with Crippen molar-refractivity contribution in [1.29, 1.82) is 0 Å². The van der Waals surface area contributed by atoms with E-state index in [1.54, 1.807) is 0 Å². The van der Waals surface area contributed by atoms with E-state index in [1.165, 1.54) is 11.1 Å². The smallest absolute Gasteiger partial charge is 0.252 e. The molecule has 2 aromatic carbocycles. The van der Waals surface area contributed by atoms with Crippen LogP contribution >= 0.6 is 0 Å². The minimum absolute atomic E-state index is 0.0245. The van der Waals surface area contributed by atoms with Gasteiger partial charge in [0.15, 0.2) is 0 Å². The molecule has 1 fully saturated rings. The second kappa shape index (κ2) is 7.45. The summed E-state index contributed by atoms with van der Waals surface area (Å²) in [5, 5.41) is 6.79. The molecule has 1 amide bonds. The van der Waals surface area contributed by atoms with Crippen molar-refractivity contribution < 1.29 is 9.53 Å². The highest BCUT2D eigenvalue weighted by atomic mass is 16.5. The topological polar surface area (TPSA) is 50.4 Å². The Hall–Kier alpha value is -2.17. The molecule has 1 aliphatic heterocycles. The van der Waals surface area contributed by atoms with Crippen molar-refractivity contribution in [1.82, 2.24) is 10.6 Å². The first-order valence-electron chi connectivity index (χ1n) is 9.95. The van der Waals surface area contributed by atoms with Gasteiger partial charge in [0.2, 0.25) is 0 Å². The van der Waals surface area contributed by atoms with E-state index in [1.807, 2.05) is 38.1 Å². The van der Waals surface area contributed by atoms with Crippen molar-refractivity contribution in [2.75, 3.05) is 19.7 Å². The quantitative estimate of drug-likeness (QED) is 0.873. The van der Waals surface area contributed by atoms with Crippen LogP contribution in [0.1, 0.15) is 52.9 Å². The molecule has 4 rings (SSSR count). The molecule has 4 heteroatoms. The number of hydrogen-bond acceptors (Lipinski definition) is 3. The summed E-state index contributed by atoms with van der Waals surface area (Å²) in [6.45, 7) is 6.63. The largest absolute Gasteiger partial charge is 0.375 e. The lowest BCUT2D eigenvalue weighted by Gasteiger charge is -2.41. The van der Waals surface area contributed by atoms with Crippen LogP contribution in [0.4, 0.5) is 0 Å². The summed E-state index contributed by atoms with van der Waals surface area (Å²) in [7, 11) is 0. The number of amides is 1. The number of aryl methyl sites for hydroxylation is 1. The maximum absolute atomic E-state index is 13.1. The van der Waals surface area contributed by atoms with Crippen molar-refractivity contribution in [3.63, 3.8) is 0 Å². The summed E-state index contributed by atoms with van der Waals surface area (Å²) in [6.07, 6.45) is 2.03. The maximum atomic E-state index is 13.1. The molecule has 1 spiro atoms. The molecule has 0 saturated carbocycles. The second-order valence-corrected chi connectivity index (χ2v) is 7.64. The molecular weight excluding hydrogens is 336 g/mol. The number of nitrogens with one attached hydrogen (secondary N) is 2. The monoisotopic (exact) mass is 364 g/mol. The maximum Gasteiger partial charge on any atom is 0.252 e. The molecule has 2 aliphatic rings. The number of piperidine rings is 1. The molecule has 1 heterocycles. The lowest BCUT2D eigenvalue weighted by atomic mass is 9.72. The number of ether oxygens (including phenoxy) is 1. The molecule has 4 nitrogen and oxygen atoms in total. The van der Waals surface area contributed by atoms with E-state index in [0.29, 0.717) is 6.61 Å². The van der Waals surface area contributed by atoms with E-state index < -0.39 is 0 Å². The number of fused-ring (bicyclic) bond motifs is 2. The van der Waals surface area contributed by atoms with Crippen LogP contribution in [0, 0.1) is 6.92 Å². The molecule has 1 aliphatic carbocycles. The SMILES string of the molecule is CCO[C@H]1[C@H](NC(=O)c2ccccc2C)c2ccccc2C12CCNCC2. The van der Waals surface area contributed by atoms with Gasteiger partial charge in [-0.2, -0.15) is 0 Å². The van der Waals surface area contributed by atoms with Gasteiger partial charge in [0.25, 0.3) is 5.91 Å². The Bertz CT molecular complexity index is 827. The van der Waals surface area contributed by atoms with Crippen molar-refractivity contribution >= 4 is 5.91 Å². The summed E-state index contributed by atoms with van der Waals surface area (Å²) < 4.78 is 6.32. The summed E-state index contributed by atoms with van der Waals surface area (Å²) in [5.41, 5.74) is 4.25. The van der Waals surface area contributed by atoms with Gasteiger partial charge in [-0.3, -0.25) is 4.79 Å². The molecule has 0 bridgehead atoms. The van der Waals surface area contributed by atoms with E-state index in [4.69, 9.17) is 4.74 Å². The molecule has 1 saturated heterocycles. The molecular formula is C23H28N2O2. The Morgan fingerprint density at radius 3 is 2.59 bits per heavy atom. The highest BCUT2D eigenvalue weighted by Crippen LogP contribution is 2.51. The molecule has 0 radical (unpaired) electrons. The minimum Gasteiger partial charge on any atom is -0.375 e. The van der Waals surface area contributed by atoms with Crippen LogP contribution in [0.5, 0.6) is 0 Å². The molecule has 0 unspecified atom stereocenters. The van der Waals surface area contributed by atoms with Crippen LogP contribution in [0.15, 0.2) is 48.5 Å². The zero-order valence-corrected chi connectivity index (χ0v) is 16.1. The Morgan fingerprint density at radius 1 is 1.15 bits per heavy atom. The fourth-order valence-electron chi connectivity index (χ4n) is 4.92. The molecule has 2 aromatic rings. The molecule has 2 atom stereocenters. The predicted molar refractivity (Wildman–Crippen MR) is 107 cm³/mol. The lowest BCUT2D eigenvalue weighted by molar-refractivity contribution is -0.0208. The third kappa shape index (κ3) is 3.07. The van der Waals surface area contributed by atoms with E-state index >= 15 is 0 Å².